The highest BCUT2D eigenvalue weighted by atomic mass is 32.1. The summed E-state index contributed by atoms with van der Waals surface area (Å²) < 4.78 is 13.0. The smallest absolute Gasteiger partial charge is 0.140 e. The van der Waals surface area contributed by atoms with Gasteiger partial charge in [0.25, 0.3) is 0 Å². The fourth-order valence-electron chi connectivity index (χ4n) is 2.86. The van der Waals surface area contributed by atoms with E-state index in [1.54, 1.807) is 17.7 Å². The Labute approximate surface area is 131 Å². The predicted molar refractivity (Wildman–Crippen MR) is 88.2 cm³/mol. The maximum atomic E-state index is 13.0. The first-order valence-electron chi connectivity index (χ1n) is 7.25. The Morgan fingerprint density at radius 2 is 1.64 bits per heavy atom. The van der Waals surface area contributed by atoms with Crippen molar-refractivity contribution in [2.45, 2.75) is 0 Å². The quantitative estimate of drug-likeness (QED) is 0.727. The molecule has 0 aliphatic carbocycles. The Hall–Kier alpha value is -2.21. The van der Waals surface area contributed by atoms with Gasteiger partial charge in [0.05, 0.1) is 5.39 Å². The van der Waals surface area contributed by atoms with Crippen molar-refractivity contribution in [2.24, 2.45) is 0 Å². The molecule has 0 unspecified atom stereocenters. The molecule has 0 bridgehead atoms. The van der Waals surface area contributed by atoms with Gasteiger partial charge in [-0.25, -0.2) is 14.4 Å². The molecule has 0 amide bonds. The fourth-order valence-corrected chi connectivity index (χ4v) is 3.58. The van der Waals surface area contributed by atoms with E-state index >= 15 is 0 Å². The Morgan fingerprint density at radius 1 is 0.909 bits per heavy atom. The van der Waals surface area contributed by atoms with Crippen molar-refractivity contribution in [3.05, 3.63) is 47.9 Å². The largest absolute Gasteiger partial charge is 0.368 e. The van der Waals surface area contributed by atoms with E-state index in [1.165, 1.54) is 12.1 Å². The number of halogens is 1. The lowest BCUT2D eigenvalue weighted by molar-refractivity contribution is 0.624. The molecule has 0 N–H and O–H groups in total. The standard InChI is InChI=1S/C16H15FN4S/c17-12-1-3-13(4-2-12)20-6-8-21(9-7-20)15-14-5-10-22-16(14)19-11-18-15/h1-5,10-11H,6-9H2. The van der Waals surface area contributed by atoms with Crippen LogP contribution in [0.3, 0.4) is 0 Å². The van der Waals surface area contributed by atoms with Crippen molar-refractivity contribution < 1.29 is 4.39 Å². The third kappa shape index (κ3) is 2.39. The molecule has 3 heterocycles. The van der Waals surface area contributed by atoms with Gasteiger partial charge in [-0.3, -0.25) is 0 Å². The number of benzene rings is 1. The highest BCUT2D eigenvalue weighted by Gasteiger charge is 2.20. The second kappa shape index (κ2) is 5.53. The maximum Gasteiger partial charge on any atom is 0.140 e. The van der Waals surface area contributed by atoms with Crippen molar-refractivity contribution in [1.82, 2.24) is 9.97 Å². The Morgan fingerprint density at radius 3 is 2.41 bits per heavy atom. The number of hydrogen-bond acceptors (Lipinski definition) is 5. The minimum absolute atomic E-state index is 0.191. The van der Waals surface area contributed by atoms with Gasteiger partial charge in [-0.15, -0.1) is 11.3 Å². The summed E-state index contributed by atoms with van der Waals surface area (Å²) in [7, 11) is 0. The Kier molecular flexibility index (Phi) is 3.38. The first-order chi connectivity index (χ1) is 10.8. The van der Waals surface area contributed by atoms with Crippen LogP contribution in [-0.2, 0) is 0 Å². The molecule has 1 saturated heterocycles. The number of hydrogen-bond donors (Lipinski definition) is 0. The van der Waals surface area contributed by atoms with Crippen LogP contribution in [-0.4, -0.2) is 36.1 Å². The highest BCUT2D eigenvalue weighted by molar-refractivity contribution is 7.16. The molecule has 0 atom stereocenters. The van der Waals surface area contributed by atoms with Gasteiger partial charge in [0, 0.05) is 31.9 Å². The van der Waals surface area contributed by atoms with Gasteiger partial charge in [-0.05, 0) is 35.7 Å². The van der Waals surface area contributed by atoms with Gasteiger partial charge in [0.2, 0.25) is 0 Å². The normalized spacial score (nSPS) is 15.5. The summed E-state index contributed by atoms with van der Waals surface area (Å²) in [5.41, 5.74) is 1.07. The van der Waals surface area contributed by atoms with E-state index in [4.69, 9.17) is 0 Å². The van der Waals surface area contributed by atoms with Gasteiger partial charge in [-0.2, -0.15) is 0 Å². The van der Waals surface area contributed by atoms with E-state index in [2.05, 4.69) is 31.2 Å². The second-order valence-electron chi connectivity index (χ2n) is 5.29. The summed E-state index contributed by atoms with van der Waals surface area (Å²) in [6, 6.07) is 8.79. The maximum absolute atomic E-state index is 13.0. The van der Waals surface area contributed by atoms with Crippen molar-refractivity contribution in [3.8, 4) is 0 Å². The summed E-state index contributed by atoms with van der Waals surface area (Å²) in [6.45, 7) is 3.61. The van der Waals surface area contributed by atoms with Gasteiger partial charge < -0.3 is 9.80 Å². The summed E-state index contributed by atoms with van der Waals surface area (Å²) in [6.07, 6.45) is 1.64. The van der Waals surface area contributed by atoms with Gasteiger partial charge in [0.15, 0.2) is 0 Å². The molecule has 0 spiro atoms. The first-order valence-corrected chi connectivity index (χ1v) is 8.13. The number of thiophene rings is 1. The van der Waals surface area contributed by atoms with Crippen LogP contribution in [0, 0.1) is 5.82 Å². The molecule has 4 nitrogen and oxygen atoms in total. The van der Waals surface area contributed by atoms with Crippen LogP contribution in [0.4, 0.5) is 15.9 Å². The van der Waals surface area contributed by atoms with Crippen LogP contribution in [0.25, 0.3) is 10.2 Å². The molecule has 1 aromatic carbocycles. The first kappa shape index (κ1) is 13.5. The number of piperazine rings is 1. The van der Waals surface area contributed by atoms with Crippen LogP contribution in [0.5, 0.6) is 0 Å². The summed E-state index contributed by atoms with van der Waals surface area (Å²) in [5.74, 6) is 0.827. The minimum Gasteiger partial charge on any atom is -0.368 e. The molecule has 1 fully saturated rings. The van der Waals surface area contributed by atoms with Crippen LogP contribution in [0.1, 0.15) is 0 Å². The molecule has 6 heteroatoms. The molecule has 3 aromatic rings. The van der Waals surface area contributed by atoms with E-state index in [0.29, 0.717) is 0 Å². The number of fused-ring (bicyclic) bond motifs is 1. The van der Waals surface area contributed by atoms with E-state index < -0.39 is 0 Å². The molecule has 22 heavy (non-hydrogen) atoms. The van der Waals surface area contributed by atoms with Crippen molar-refractivity contribution in [1.29, 1.82) is 0 Å². The molecular weight excluding hydrogens is 299 g/mol. The predicted octanol–water partition coefficient (Wildman–Crippen LogP) is 3.16. The molecule has 112 valence electrons. The third-order valence-electron chi connectivity index (χ3n) is 4.01. The molecule has 0 saturated carbocycles. The average Bonchev–Trinajstić information content (AvgIpc) is 3.04. The lowest BCUT2D eigenvalue weighted by Crippen LogP contribution is -2.46. The van der Waals surface area contributed by atoms with Gasteiger partial charge in [0.1, 0.15) is 22.8 Å². The molecule has 1 aliphatic heterocycles. The Bertz CT molecular complexity index is 778. The fraction of sp³-hybridized carbons (Fsp3) is 0.250. The van der Waals surface area contributed by atoms with E-state index in [0.717, 1.165) is 47.9 Å². The van der Waals surface area contributed by atoms with E-state index in [9.17, 15) is 4.39 Å². The SMILES string of the molecule is Fc1ccc(N2CCN(c3ncnc4sccc34)CC2)cc1. The number of aromatic nitrogens is 2. The summed E-state index contributed by atoms with van der Waals surface area (Å²) in [4.78, 5) is 14.4. The Balaban J connectivity index is 1.52. The molecule has 2 aromatic heterocycles. The zero-order chi connectivity index (χ0) is 14.9. The third-order valence-corrected chi connectivity index (χ3v) is 4.83. The van der Waals surface area contributed by atoms with Crippen molar-refractivity contribution >= 4 is 33.1 Å². The average molecular weight is 314 g/mol. The van der Waals surface area contributed by atoms with E-state index in [1.807, 2.05) is 12.1 Å². The van der Waals surface area contributed by atoms with Crippen LogP contribution >= 0.6 is 11.3 Å². The number of nitrogens with zero attached hydrogens (tertiary/aromatic N) is 4. The second-order valence-corrected chi connectivity index (χ2v) is 6.18. The summed E-state index contributed by atoms with van der Waals surface area (Å²) >= 11 is 1.64. The van der Waals surface area contributed by atoms with Gasteiger partial charge in [-0.1, -0.05) is 0 Å². The molecule has 1 aliphatic rings. The van der Waals surface area contributed by atoms with Crippen LogP contribution in [0.15, 0.2) is 42.0 Å². The lowest BCUT2D eigenvalue weighted by Gasteiger charge is -2.36. The monoisotopic (exact) mass is 314 g/mol. The number of anilines is 2. The van der Waals surface area contributed by atoms with Crippen LogP contribution in [0.2, 0.25) is 0 Å². The molecular formula is C16H15FN4S. The van der Waals surface area contributed by atoms with Gasteiger partial charge >= 0.3 is 0 Å². The van der Waals surface area contributed by atoms with Crippen molar-refractivity contribution in [3.63, 3.8) is 0 Å². The molecule has 4 rings (SSSR count). The molecule has 0 radical (unpaired) electrons. The number of rotatable bonds is 2. The highest BCUT2D eigenvalue weighted by Crippen LogP contribution is 2.28. The van der Waals surface area contributed by atoms with E-state index in [-0.39, 0.29) is 5.82 Å². The zero-order valence-electron chi connectivity index (χ0n) is 11.9. The van der Waals surface area contributed by atoms with Crippen LogP contribution < -0.4 is 9.80 Å². The topological polar surface area (TPSA) is 32.3 Å². The van der Waals surface area contributed by atoms with Crippen molar-refractivity contribution in [2.75, 3.05) is 36.0 Å². The minimum atomic E-state index is -0.191. The zero-order valence-corrected chi connectivity index (χ0v) is 12.8. The summed E-state index contributed by atoms with van der Waals surface area (Å²) in [5, 5.41) is 3.18. The lowest BCUT2D eigenvalue weighted by atomic mass is 10.2.